The fourth-order valence-corrected chi connectivity index (χ4v) is 4.36. The van der Waals surface area contributed by atoms with Crippen molar-refractivity contribution < 1.29 is 4.79 Å². The number of hydrogen-bond acceptors (Lipinski definition) is 3. The highest BCUT2D eigenvalue weighted by atomic mass is 32.2. The molecule has 146 valence electrons. The van der Waals surface area contributed by atoms with Crippen LogP contribution in [-0.4, -0.2) is 22.5 Å². The van der Waals surface area contributed by atoms with Crippen molar-refractivity contribution in [1.82, 2.24) is 4.90 Å². The standard InChI is InChI=1S/C25H24N2OS/c1-17(2)16-27-24(28)23(29-25(27)26-21-13-11-18(3)12-14-21)15-20-9-6-8-19-7-4-5-10-22(19)20/h4-15,17H,16H2,1-3H3/b23-15+,26-25?. The molecule has 1 heterocycles. The van der Waals surface area contributed by atoms with E-state index in [4.69, 9.17) is 4.99 Å². The van der Waals surface area contributed by atoms with E-state index in [1.807, 2.05) is 53.4 Å². The lowest BCUT2D eigenvalue weighted by atomic mass is 10.0. The Kier molecular flexibility index (Phi) is 5.54. The minimum Gasteiger partial charge on any atom is -0.286 e. The molecule has 0 bridgehead atoms. The maximum absolute atomic E-state index is 13.2. The number of amidine groups is 1. The van der Waals surface area contributed by atoms with Gasteiger partial charge in [-0.25, -0.2) is 4.99 Å². The summed E-state index contributed by atoms with van der Waals surface area (Å²) in [5, 5.41) is 3.07. The average molecular weight is 401 g/mol. The summed E-state index contributed by atoms with van der Waals surface area (Å²) in [7, 11) is 0. The number of aryl methyl sites for hydroxylation is 1. The Labute approximate surface area is 176 Å². The Morgan fingerprint density at radius 1 is 1.00 bits per heavy atom. The number of hydrogen-bond donors (Lipinski definition) is 0. The van der Waals surface area contributed by atoms with Gasteiger partial charge in [0.05, 0.1) is 10.6 Å². The molecule has 0 aliphatic carbocycles. The van der Waals surface area contributed by atoms with Crippen LogP contribution in [0.3, 0.4) is 0 Å². The van der Waals surface area contributed by atoms with Crippen LogP contribution in [0, 0.1) is 12.8 Å². The van der Waals surface area contributed by atoms with Gasteiger partial charge >= 0.3 is 0 Å². The second kappa shape index (κ2) is 8.26. The Morgan fingerprint density at radius 2 is 1.72 bits per heavy atom. The van der Waals surface area contributed by atoms with E-state index in [1.165, 1.54) is 22.7 Å². The Hall–Kier alpha value is -2.85. The summed E-state index contributed by atoms with van der Waals surface area (Å²) in [6.45, 7) is 6.95. The Morgan fingerprint density at radius 3 is 2.48 bits per heavy atom. The number of benzene rings is 3. The maximum atomic E-state index is 13.2. The minimum atomic E-state index is 0.0301. The lowest BCUT2D eigenvalue weighted by molar-refractivity contribution is -0.122. The van der Waals surface area contributed by atoms with Crippen molar-refractivity contribution in [3.8, 4) is 0 Å². The summed E-state index contributed by atoms with van der Waals surface area (Å²) in [6, 6.07) is 22.5. The van der Waals surface area contributed by atoms with Crippen LogP contribution < -0.4 is 0 Å². The molecule has 0 unspecified atom stereocenters. The van der Waals surface area contributed by atoms with Crippen LogP contribution in [0.2, 0.25) is 0 Å². The molecule has 0 aromatic heterocycles. The van der Waals surface area contributed by atoms with Gasteiger partial charge in [0.15, 0.2) is 5.17 Å². The highest BCUT2D eigenvalue weighted by Crippen LogP contribution is 2.35. The normalized spacial score (nSPS) is 17.2. The number of nitrogens with zero attached hydrogens (tertiary/aromatic N) is 2. The molecule has 0 spiro atoms. The highest BCUT2D eigenvalue weighted by molar-refractivity contribution is 8.18. The number of rotatable bonds is 4. The van der Waals surface area contributed by atoms with Gasteiger partial charge in [0, 0.05) is 6.54 Å². The van der Waals surface area contributed by atoms with Gasteiger partial charge in [0.2, 0.25) is 0 Å². The van der Waals surface area contributed by atoms with Crippen molar-refractivity contribution in [3.63, 3.8) is 0 Å². The third-order valence-electron chi connectivity index (χ3n) is 4.80. The van der Waals surface area contributed by atoms with Gasteiger partial charge in [0.1, 0.15) is 0 Å². The van der Waals surface area contributed by atoms with E-state index in [-0.39, 0.29) is 5.91 Å². The SMILES string of the molecule is Cc1ccc(N=C2S/C(=C/c3cccc4ccccc34)C(=O)N2CC(C)C)cc1. The van der Waals surface area contributed by atoms with Gasteiger partial charge in [0.25, 0.3) is 5.91 Å². The summed E-state index contributed by atoms with van der Waals surface area (Å²) in [4.78, 5) is 20.5. The minimum absolute atomic E-state index is 0.0301. The molecule has 3 aromatic carbocycles. The number of aliphatic imine (C=N–C) groups is 1. The van der Waals surface area contributed by atoms with Crippen LogP contribution in [0.4, 0.5) is 5.69 Å². The predicted molar refractivity (Wildman–Crippen MR) is 124 cm³/mol. The molecule has 1 aliphatic rings. The van der Waals surface area contributed by atoms with Gasteiger partial charge in [-0.2, -0.15) is 0 Å². The van der Waals surface area contributed by atoms with Gasteiger partial charge < -0.3 is 0 Å². The maximum Gasteiger partial charge on any atom is 0.266 e. The van der Waals surface area contributed by atoms with Gasteiger partial charge in [-0.1, -0.05) is 74.0 Å². The predicted octanol–water partition coefficient (Wildman–Crippen LogP) is 6.41. The zero-order valence-electron chi connectivity index (χ0n) is 16.9. The summed E-state index contributed by atoms with van der Waals surface area (Å²) in [6.07, 6.45) is 2.00. The molecule has 4 rings (SSSR count). The van der Waals surface area contributed by atoms with Crippen LogP contribution in [0.5, 0.6) is 0 Å². The third-order valence-corrected chi connectivity index (χ3v) is 5.81. The van der Waals surface area contributed by atoms with Gasteiger partial charge in [-0.05, 0) is 59.1 Å². The van der Waals surface area contributed by atoms with E-state index in [0.717, 1.165) is 21.8 Å². The number of thioether (sulfide) groups is 1. The number of amides is 1. The van der Waals surface area contributed by atoms with E-state index in [2.05, 4.69) is 45.0 Å². The molecule has 29 heavy (non-hydrogen) atoms. The van der Waals surface area contributed by atoms with Gasteiger partial charge in [-0.15, -0.1) is 0 Å². The third kappa shape index (κ3) is 4.28. The molecule has 1 saturated heterocycles. The van der Waals surface area contributed by atoms with E-state index in [1.54, 1.807) is 0 Å². The molecular formula is C25H24N2OS. The molecule has 3 nitrogen and oxygen atoms in total. The zero-order chi connectivity index (χ0) is 20.4. The lowest BCUT2D eigenvalue weighted by Crippen LogP contribution is -2.32. The molecule has 1 aliphatic heterocycles. The largest absolute Gasteiger partial charge is 0.286 e. The molecular weight excluding hydrogens is 376 g/mol. The molecule has 0 saturated carbocycles. The Bertz CT molecular complexity index is 1110. The second-order valence-electron chi connectivity index (χ2n) is 7.72. The van der Waals surface area contributed by atoms with E-state index in [0.29, 0.717) is 17.4 Å². The molecule has 0 N–H and O–H groups in total. The second-order valence-corrected chi connectivity index (χ2v) is 8.73. The molecule has 0 radical (unpaired) electrons. The number of carbonyl (C=O) groups excluding carboxylic acids is 1. The molecule has 4 heteroatoms. The Balaban J connectivity index is 1.74. The zero-order valence-corrected chi connectivity index (χ0v) is 17.7. The molecule has 0 atom stereocenters. The first-order valence-corrected chi connectivity index (χ1v) is 10.7. The number of carbonyl (C=O) groups is 1. The van der Waals surface area contributed by atoms with E-state index < -0.39 is 0 Å². The highest BCUT2D eigenvalue weighted by Gasteiger charge is 2.33. The lowest BCUT2D eigenvalue weighted by Gasteiger charge is -2.17. The fraction of sp³-hybridized carbons (Fsp3) is 0.200. The van der Waals surface area contributed by atoms with Crippen molar-refractivity contribution in [2.45, 2.75) is 20.8 Å². The van der Waals surface area contributed by atoms with Crippen LogP contribution in [0.15, 0.2) is 76.6 Å². The van der Waals surface area contributed by atoms with Gasteiger partial charge in [-0.3, -0.25) is 9.69 Å². The first-order valence-electron chi connectivity index (χ1n) is 9.86. The van der Waals surface area contributed by atoms with Crippen molar-refractivity contribution in [3.05, 3.63) is 82.8 Å². The van der Waals surface area contributed by atoms with Crippen molar-refractivity contribution >= 4 is 45.4 Å². The first kappa shape index (κ1) is 19.5. The van der Waals surface area contributed by atoms with E-state index in [9.17, 15) is 4.79 Å². The molecule has 1 fully saturated rings. The molecule has 1 amide bonds. The van der Waals surface area contributed by atoms with Crippen LogP contribution >= 0.6 is 11.8 Å². The van der Waals surface area contributed by atoms with Crippen molar-refractivity contribution in [1.29, 1.82) is 0 Å². The average Bonchev–Trinajstić information content (AvgIpc) is 2.98. The topological polar surface area (TPSA) is 32.7 Å². The summed E-state index contributed by atoms with van der Waals surface area (Å²) in [5.74, 6) is 0.391. The quantitative estimate of drug-likeness (QED) is 0.474. The van der Waals surface area contributed by atoms with Crippen molar-refractivity contribution in [2.75, 3.05) is 6.54 Å². The first-order chi connectivity index (χ1) is 14.0. The molecule has 3 aromatic rings. The monoisotopic (exact) mass is 400 g/mol. The number of fused-ring (bicyclic) bond motifs is 1. The summed E-state index contributed by atoms with van der Waals surface area (Å²) >= 11 is 1.46. The van der Waals surface area contributed by atoms with Crippen LogP contribution in [0.25, 0.3) is 16.8 Å². The van der Waals surface area contributed by atoms with Crippen LogP contribution in [0.1, 0.15) is 25.0 Å². The van der Waals surface area contributed by atoms with Crippen LogP contribution in [-0.2, 0) is 4.79 Å². The summed E-state index contributed by atoms with van der Waals surface area (Å²) in [5.41, 5.74) is 3.12. The van der Waals surface area contributed by atoms with E-state index >= 15 is 0 Å². The van der Waals surface area contributed by atoms with Crippen molar-refractivity contribution in [2.24, 2.45) is 10.9 Å². The summed E-state index contributed by atoms with van der Waals surface area (Å²) < 4.78 is 0. The fourth-order valence-electron chi connectivity index (χ4n) is 3.36. The smallest absolute Gasteiger partial charge is 0.266 e.